The average molecular weight is 465 g/mol. The molecule has 3 aromatic carbocycles. The van der Waals surface area contributed by atoms with Gasteiger partial charge in [-0.15, -0.1) is 10.2 Å². The summed E-state index contributed by atoms with van der Waals surface area (Å²) in [4.78, 5) is 12.4. The molecule has 4 aromatic rings. The van der Waals surface area contributed by atoms with Gasteiger partial charge in [-0.25, -0.2) is 4.39 Å². The van der Waals surface area contributed by atoms with Gasteiger partial charge in [0.25, 0.3) is 0 Å². The summed E-state index contributed by atoms with van der Waals surface area (Å²) in [6.07, 6.45) is 0. The molecule has 4 rings (SSSR count). The third-order valence-electron chi connectivity index (χ3n) is 4.58. The largest absolute Gasteiger partial charge is 0.493 e. The first-order valence-electron chi connectivity index (χ1n) is 10.1. The molecule has 0 fully saturated rings. The van der Waals surface area contributed by atoms with Gasteiger partial charge in [0.2, 0.25) is 5.91 Å². The van der Waals surface area contributed by atoms with Crippen molar-refractivity contribution in [1.82, 2.24) is 14.8 Å². The van der Waals surface area contributed by atoms with Gasteiger partial charge in [0.05, 0.1) is 12.9 Å². The lowest BCUT2D eigenvalue weighted by molar-refractivity contribution is -0.113. The number of hydrogen-bond donors (Lipinski definition) is 1. The van der Waals surface area contributed by atoms with Crippen molar-refractivity contribution >= 4 is 23.4 Å². The molecule has 7 nitrogen and oxygen atoms in total. The molecule has 0 aliphatic carbocycles. The molecule has 0 aliphatic rings. The molecule has 0 saturated heterocycles. The number of para-hydroxylation sites is 3. The molecule has 1 aromatic heterocycles. The Balaban J connectivity index is 1.50. The van der Waals surface area contributed by atoms with E-state index in [0.29, 0.717) is 28.2 Å². The molecule has 0 saturated carbocycles. The first-order valence-corrected chi connectivity index (χ1v) is 11.1. The van der Waals surface area contributed by atoms with Crippen molar-refractivity contribution in [2.45, 2.75) is 11.8 Å². The molecule has 0 aliphatic heterocycles. The monoisotopic (exact) mass is 464 g/mol. The van der Waals surface area contributed by atoms with Crippen LogP contribution in [0.25, 0.3) is 5.69 Å². The zero-order valence-corrected chi connectivity index (χ0v) is 18.6. The lowest BCUT2D eigenvalue weighted by Gasteiger charge is -2.12. The van der Waals surface area contributed by atoms with Gasteiger partial charge in [-0.2, -0.15) is 0 Å². The molecule has 0 atom stereocenters. The van der Waals surface area contributed by atoms with E-state index in [0.717, 1.165) is 5.69 Å². The minimum Gasteiger partial charge on any atom is -0.493 e. The van der Waals surface area contributed by atoms with Gasteiger partial charge in [0, 0.05) is 11.4 Å². The zero-order chi connectivity index (χ0) is 23.0. The van der Waals surface area contributed by atoms with Crippen LogP contribution in [0.3, 0.4) is 0 Å². The second kappa shape index (κ2) is 10.6. The van der Waals surface area contributed by atoms with Gasteiger partial charge in [0.1, 0.15) is 12.4 Å². The second-order valence-corrected chi connectivity index (χ2v) is 7.80. The van der Waals surface area contributed by atoms with Crippen molar-refractivity contribution in [2.75, 3.05) is 18.2 Å². The summed E-state index contributed by atoms with van der Waals surface area (Å²) in [5.41, 5.74) is 1.24. The maximum atomic E-state index is 13.4. The number of ether oxygens (including phenoxy) is 2. The minimum absolute atomic E-state index is 0.0782. The Morgan fingerprint density at radius 1 is 1.00 bits per heavy atom. The van der Waals surface area contributed by atoms with E-state index in [1.54, 1.807) is 13.2 Å². The fourth-order valence-electron chi connectivity index (χ4n) is 3.10. The van der Waals surface area contributed by atoms with Crippen LogP contribution in [-0.4, -0.2) is 33.5 Å². The van der Waals surface area contributed by atoms with Crippen LogP contribution in [0.15, 0.2) is 84.0 Å². The molecule has 0 bridgehead atoms. The van der Waals surface area contributed by atoms with Crippen molar-refractivity contribution in [3.05, 3.63) is 90.5 Å². The quantitative estimate of drug-likeness (QED) is 0.361. The zero-order valence-electron chi connectivity index (χ0n) is 17.8. The number of nitrogens with zero attached hydrogens (tertiary/aromatic N) is 3. The van der Waals surface area contributed by atoms with Gasteiger partial charge in [-0.1, -0.05) is 48.2 Å². The normalized spacial score (nSPS) is 10.6. The Hall–Kier alpha value is -3.85. The predicted octanol–water partition coefficient (Wildman–Crippen LogP) is 4.72. The molecule has 1 heterocycles. The topological polar surface area (TPSA) is 78.3 Å². The number of benzene rings is 3. The van der Waals surface area contributed by atoms with Crippen molar-refractivity contribution in [2.24, 2.45) is 0 Å². The summed E-state index contributed by atoms with van der Waals surface area (Å²) >= 11 is 1.23. The van der Waals surface area contributed by atoms with E-state index < -0.39 is 5.82 Å². The number of anilines is 1. The Labute approximate surface area is 194 Å². The van der Waals surface area contributed by atoms with Crippen LogP contribution in [0.5, 0.6) is 11.5 Å². The fraction of sp³-hybridized carbons (Fsp3) is 0.125. The lowest BCUT2D eigenvalue weighted by atomic mass is 10.3. The van der Waals surface area contributed by atoms with E-state index in [9.17, 15) is 9.18 Å². The Morgan fingerprint density at radius 3 is 2.52 bits per heavy atom. The Morgan fingerprint density at radius 2 is 1.76 bits per heavy atom. The number of rotatable bonds is 9. The van der Waals surface area contributed by atoms with Gasteiger partial charge >= 0.3 is 0 Å². The Bertz CT molecular complexity index is 1230. The molecule has 1 N–H and O–H groups in total. The first kappa shape index (κ1) is 22.3. The summed E-state index contributed by atoms with van der Waals surface area (Å²) in [6, 6.07) is 22.7. The summed E-state index contributed by atoms with van der Waals surface area (Å²) in [5, 5.41) is 11.8. The molecule has 0 unspecified atom stereocenters. The van der Waals surface area contributed by atoms with Gasteiger partial charge in [0.15, 0.2) is 22.5 Å². The molecule has 9 heteroatoms. The van der Waals surface area contributed by atoms with Crippen LogP contribution in [-0.2, 0) is 11.4 Å². The molecule has 33 heavy (non-hydrogen) atoms. The highest BCUT2D eigenvalue weighted by Crippen LogP contribution is 2.28. The number of carbonyl (C=O) groups excluding carboxylic acids is 1. The third-order valence-corrected chi connectivity index (χ3v) is 5.51. The smallest absolute Gasteiger partial charge is 0.234 e. The SMILES string of the molecule is COc1ccccc1OCc1nnc(SCC(=O)Nc2cccc(F)c2)n1-c1ccccc1. The van der Waals surface area contributed by atoms with Crippen molar-refractivity contribution in [3.8, 4) is 17.2 Å². The van der Waals surface area contributed by atoms with Crippen molar-refractivity contribution in [3.63, 3.8) is 0 Å². The van der Waals surface area contributed by atoms with E-state index in [4.69, 9.17) is 9.47 Å². The molecule has 168 valence electrons. The molecule has 0 radical (unpaired) electrons. The van der Waals surface area contributed by atoms with Gasteiger partial charge < -0.3 is 14.8 Å². The summed E-state index contributed by atoms with van der Waals surface area (Å²) in [7, 11) is 1.58. The van der Waals surface area contributed by atoms with E-state index in [2.05, 4.69) is 15.5 Å². The van der Waals surface area contributed by atoms with E-state index in [1.165, 1.54) is 30.0 Å². The van der Waals surface area contributed by atoms with E-state index >= 15 is 0 Å². The maximum Gasteiger partial charge on any atom is 0.234 e. The number of nitrogens with one attached hydrogen (secondary N) is 1. The van der Waals surface area contributed by atoms with Crippen LogP contribution < -0.4 is 14.8 Å². The molecular formula is C24H21FN4O3S. The molecule has 1 amide bonds. The van der Waals surface area contributed by atoms with Crippen LogP contribution in [0.1, 0.15) is 5.82 Å². The number of aromatic nitrogens is 3. The number of halogens is 1. The van der Waals surface area contributed by atoms with Gasteiger partial charge in [-0.3, -0.25) is 9.36 Å². The highest BCUT2D eigenvalue weighted by molar-refractivity contribution is 7.99. The van der Waals surface area contributed by atoms with Crippen LogP contribution >= 0.6 is 11.8 Å². The minimum atomic E-state index is -0.413. The molecular weight excluding hydrogens is 443 g/mol. The van der Waals surface area contributed by atoms with Crippen molar-refractivity contribution < 1.29 is 18.7 Å². The number of amides is 1. The van der Waals surface area contributed by atoms with Crippen LogP contribution in [0, 0.1) is 5.82 Å². The summed E-state index contributed by atoms with van der Waals surface area (Å²) < 4.78 is 26.5. The van der Waals surface area contributed by atoms with E-state index in [1.807, 2.05) is 59.2 Å². The number of thioether (sulfide) groups is 1. The maximum absolute atomic E-state index is 13.4. The lowest BCUT2D eigenvalue weighted by Crippen LogP contribution is -2.15. The highest BCUT2D eigenvalue weighted by Gasteiger charge is 2.17. The molecule has 0 spiro atoms. The number of methoxy groups -OCH3 is 1. The second-order valence-electron chi connectivity index (χ2n) is 6.86. The fourth-order valence-corrected chi connectivity index (χ4v) is 3.87. The average Bonchev–Trinajstić information content (AvgIpc) is 3.25. The van der Waals surface area contributed by atoms with Gasteiger partial charge in [-0.05, 0) is 42.5 Å². The van der Waals surface area contributed by atoms with Crippen LogP contribution in [0.4, 0.5) is 10.1 Å². The summed E-state index contributed by atoms with van der Waals surface area (Å²) in [6.45, 7) is 0.151. The Kier molecular flexibility index (Phi) is 7.21. The highest BCUT2D eigenvalue weighted by atomic mass is 32.2. The van der Waals surface area contributed by atoms with E-state index in [-0.39, 0.29) is 18.3 Å². The first-order chi connectivity index (χ1) is 16.1. The number of hydrogen-bond acceptors (Lipinski definition) is 6. The third kappa shape index (κ3) is 5.69. The standard InChI is InChI=1S/C24H21FN4O3S/c1-31-20-12-5-6-13-21(20)32-15-22-27-28-24(29(22)19-10-3-2-4-11-19)33-16-23(30)26-18-9-7-8-17(25)14-18/h2-14H,15-16H2,1H3,(H,26,30). The van der Waals surface area contributed by atoms with Crippen LogP contribution in [0.2, 0.25) is 0 Å². The summed E-state index contributed by atoms with van der Waals surface area (Å²) in [5.74, 6) is 1.16. The van der Waals surface area contributed by atoms with Crippen molar-refractivity contribution in [1.29, 1.82) is 0 Å². The number of carbonyl (C=O) groups is 1. The predicted molar refractivity (Wildman–Crippen MR) is 124 cm³/mol.